The molecule has 462 valence electrons. The van der Waals surface area contributed by atoms with Crippen LogP contribution in [0.4, 0.5) is 0 Å². The Balaban J connectivity index is 0.000000149. The summed E-state index contributed by atoms with van der Waals surface area (Å²) in [7, 11) is 3.48. The van der Waals surface area contributed by atoms with Crippen molar-refractivity contribution in [3.63, 3.8) is 0 Å². The predicted molar refractivity (Wildman–Crippen MR) is 371 cm³/mol. The minimum atomic E-state index is -0.193. The topological polar surface area (TPSA) is 162 Å². The van der Waals surface area contributed by atoms with E-state index >= 15 is 0 Å². The quantitative estimate of drug-likeness (QED) is 0.0418. The van der Waals surface area contributed by atoms with Crippen molar-refractivity contribution in [3.05, 3.63) is 296 Å². The molecular formula is C76H83N9O3S2. The number of para-hydroxylation sites is 4. The van der Waals surface area contributed by atoms with Crippen molar-refractivity contribution in [1.82, 2.24) is 27.4 Å². The van der Waals surface area contributed by atoms with Crippen molar-refractivity contribution < 1.29 is 15.3 Å². The summed E-state index contributed by atoms with van der Waals surface area (Å²) >= 11 is 0. The van der Waals surface area contributed by atoms with Gasteiger partial charge in [-0.25, -0.2) is 0 Å². The van der Waals surface area contributed by atoms with Crippen molar-refractivity contribution in [2.24, 2.45) is 0 Å². The average molecular weight is 1230 g/mol. The molecule has 2 unspecified atom stereocenters. The van der Waals surface area contributed by atoms with Crippen molar-refractivity contribution in [3.8, 4) is 0 Å². The number of benzene rings is 9. The van der Waals surface area contributed by atoms with Gasteiger partial charge in [0.1, 0.15) is 0 Å². The summed E-state index contributed by atoms with van der Waals surface area (Å²) < 4.78 is 12.0. The molecule has 0 radical (unpaired) electrons. The number of aliphatic hydroxyl groups is 3. The molecule has 12 nitrogen and oxygen atoms in total. The largest absolute Gasteiger partial charge is 0.394 e. The lowest BCUT2D eigenvalue weighted by molar-refractivity contribution is 0.225. The number of aryl methyl sites for hydroxylation is 6. The van der Waals surface area contributed by atoms with Crippen LogP contribution in [0.2, 0.25) is 0 Å². The maximum atomic E-state index is 10.2. The van der Waals surface area contributed by atoms with E-state index in [1.807, 2.05) is 63.8 Å². The Kier molecular flexibility index (Phi) is 21.3. The normalized spacial score (nSPS) is 12.4. The van der Waals surface area contributed by atoms with E-state index in [-0.39, 0.29) is 37.9 Å². The minimum Gasteiger partial charge on any atom is -0.394 e. The molecule has 0 aliphatic heterocycles. The zero-order chi connectivity index (χ0) is 63.4. The van der Waals surface area contributed by atoms with E-state index in [1.165, 1.54) is 38.3 Å². The van der Waals surface area contributed by atoms with Gasteiger partial charge in [0.15, 0.2) is 0 Å². The standard InChI is InChI=1S/C26H29N3O.C25H27N3OS2.C25H27N3O/c1-18-4-9-21(10-5-18)15-23(17-30)29-24-13-8-20(3)14-25(24)28(26(29)27)16-22-11-6-19(2)7-12-22;1-18-7-9-19(10-8-18)15-21(17-29)28-24-6-4-3-5-23(24)27(25(28)26)16-20-11-13-22(14-12-20)31-30-2;1-18-7-11-20(12-8-18)15-22(17-29)28-24-6-4-3-5-23(24)27(25(28)26)16-21-13-9-19(2)10-14-21/h4-14,23,27,30H,15-17H2,1-3H3;3-14,21,26,29H,15-17H2,1-2H3;3-14,22,26,29H,15-17H2,1-2H3/t;;22-/m..1/s1. The van der Waals surface area contributed by atoms with Crippen LogP contribution in [0.3, 0.4) is 0 Å². The Morgan fingerprint density at radius 3 is 0.900 bits per heavy atom. The Labute approximate surface area is 536 Å². The molecule has 3 heterocycles. The van der Waals surface area contributed by atoms with Gasteiger partial charge in [-0.3, -0.25) is 16.2 Å². The van der Waals surface area contributed by atoms with Crippen LogP contribution in [0.25, 0.3) is 33.1 Å². The van der Waals surface area contributed by atoms with Crippen molar-refractivity contribution in [2.45, 2.75) is 103 Å². The van der Waals surface area contributed by atoms with Crippen LogP contribution in [0.5, 0.6) is 0 Å². The SMILES string of the molecule is CSSc1ccc(Cn2c(=N)n(C(CO)Cc3ccc(C)cc3)c3ccccc32)cc1.Cc1ccc(CC(CO)n2c(=N)n(Cc3ccc(C)cc3)c3cc(C)ccc32)cc1.Cc1ccc(C[C@H](CO)n2c(=N)n(Cc3ccc(C)cc3)c3ccccc32)cc1. The highest BCUT2D eigenvalue weighted by atomic mass is 33.1. The van der Waals surface area contributed by atoms with E-state index < -0.39 is 0 Å². The molecule has 0 amide bonds. The first-order valence-corrected chi connectivity index (χ1v) is 33.3. The number of aromatic nitrogens is 6. The molecule has 14 heteroatoms. The first-order valence-electron chi connectivity index (χ1n) is 30.8. The van der Waals surface area contributed by atoms with Gasteiger partial charge in [0.2, 0.25) is 16.9 Å². The Bertz CT molecular complexity index is 4520. The van der Waals surface area contributed by atoms with Gasteiger partial charge in [-0.05, 0) is 155 Å². The van der Waals surface area contributed by atoms with Gasteiger partial charge in [0.05, 0.1) is 90.7 Å². The molecule has 0 spiro atoms. The minimum absolute atomic E-state index is 0.0109. The lowest BCUT2D eigenvalue weighted by Gasteiger charge is -2.17. The number of hydrogen-bond acceptors (Lipinski definition) is 8. The number of fused-ring (bicyclic) bond motifs is 3. The zero-order valence-corrected chi connectivity index (χ0v) is 54.3. The number of nitrogens with one attached hydrogen (secondary N) is 3. The Morgan fingerprint density at radius 1 is 0.322 bits per heavy atom. The summed E-state index contributed by atoms with van der Waals surface area (Å²) in [5.41, 5.74) is 21.5. The van der Waals surface area contributed by atoms with E-state index in [9.17, 15) is 15.3 Å². The van der Waals surface area contributed by atoms with E-state index in [4.69, 9.17) is 16.2 Å². The molecule has 3 atom stereocenters. The molecule has 12 aromatic rings. The van der Waals surface area contributed by atoms with Crippen molar-refractivity contribution in [1.29, 1.82) is 16.2 Å². The van der Waals surface area contributed by atoms with Crippen LogP contribution >= 0.6 is 21.6 Å². The summed E-state index contributed by atoms with van der Waals surface area (Å²) in [6.07, 6.45) is 4.13. The lowest BCUT2D eigenvalue weighted by atomic mass is 10.0. The fraction of sp³-hybridized carbons (Fsp3) is 0.250. The van der Waals surface area contributed by atoms with Crippen LogP contribution in [0, 0.1) is 57.8 Å². The van der Waals surface area contributed by atoms with E-state index in [0.29, 0.717) is 55.8 Å². The molecule has 12 rings (SSSR count). The van der Waals surface area contributed by atoms with Crippen molar-refractivity contribution >= 4 is 54.7 Å². The summed E-state index contributed by atoms with van der Waals surface area (Å²) in [6.45, 7) is 14.3. The summed E-state index contributed by atoms with van der Waals surface area (Å²) in [4.78, 5) is 1.23. The van der Waals surface area contributed by atoms with Crippen molar-refractivity contribution in [2.75, 3.05) is 26.1 Å². The van der Waals surface area contributed by atoms with Gasteiger partial charge >= 0.3 is 0 Å². The first kappa shape index (κ1) is 64.4. The molecule has 90 heavy (non-hydrogen) atoms. The van der Waals surface area contributed by atoms with Gasteiger partial charge in [0, 0.05) is 4.90 Å². The predicted octanol–water partition coefficient (Wildman–Crippen LogP) is 14.5. The second kappa shape index (κ2) is 29.8. The maximum absolute atomic E-state index is 10.2. The molecule has 0 saturated carbocycles. The van der Waals surface area contributed by atoms with Crippen LogP contribution in [0.15, 0.2) is 217 Å². The Morgan fingerprint density at radius 2 is 0.589 bits per heavy atom. The smallest absolute Gasteiger partial charge is 0.203 e. The molecule has 0 aliphatic carbocycles. The second-order valence-corrected chi connectivity index (χ2v) is 26.2. The second-order valence-electron chi connectivity index (χ2n) is 23.8. The third-order valence-electron chi connectivity index (χ3n) is 16.9. The van der Waals surface area contributed by atoms with Crippen LogP contribution in [0.1, 0.15) is 84.9 Å². The zero-order valence-electron chi connectivity index (χ0n) is 52.6. The first-order chi connectivity index (χ1) is 43.6. The number of aliphatic hydroxyl groups excluding tert-OH is 3. The fourth-order valence-electron chi connectivity index (χ4n) is 11.9. The van der Waals surface area contributed by atoms with Crippen LogP contribution < -0.4 is 16.9 Å². The number of imidazole rings is 3. The van der Waals surface area contributed by atoms with Crippen LogP contribution in [-0.4, -0.2) is 68.8 Å². The molecule has 0 fully saturated rings. The number of hydrogen-bond donors (Lipinski definition) is 6. The van der Waals surface area contributed by atoms with Gasteiger partial charge in [-0.15, -0.1) is 0 Å². The maximum Gasteiger partial charge on any atom is 0.203 e. The monoisotopic (exact) mass is 1230 g/mol. The molecule has 3 aromatic heterocycles. The van der Waals surface area contributed by atoms with Crippen LogP contribution in [-0.2, 0) is 38.9 Å². The third kappa shape index (κ3) is 15.2. The van der Waals surface area contributed by atoms with Gasteiger partial charge in [-0.2, -0.15) is 0 Å². The third-order valence-corrected chi connectivity index (χ3v) is 18.6. The summed E-state index contributed by atoms with van der Waals surface area (Å²) in [5.74, 6) is 0. The molecule has 0 bridgehead atoms. The molecule has 6 N–H and O–H groups in total. The number of nitrogens with zero attached hydrogens (tertiary/aromatic N) is 6. The molecule has 9 aromatic carbocycles. The highest BCUT2D eigenvalue weighted by molar-refractivity contribution is 8.76. The summed E-state index contributed by atoms with van der Waals surface area (Å²) in [6, 6.07) is 72.6. The highest BCUT2D eigenvalue weighted by Gasteiger charge is 2.23. The highest BCUT2D eigenvalue weighted by Crippen LogP contribution is 2.30. The molecule has 0 saturated heterocycles. The van der Waals surface area contributed by atoms with Gasteiger partial charge in [0.25, 0.3) is 0 Å². The fourth-order valence-corrected chi connectivity index (χ4v) is 13.2. The Hall–Kier alpha value is -8.63. The number of rotatable bonds is 20. The molecular weight excluding hydrogens is 1150 g/mol. The van der Waals surface area contributed by atoms with E-state index in [1.54, 1.807) is 21.6 Å². The van der Waals surface area contributed by atoms with Gasteiger partial charge in [-0.1, -0.05) is 213 Å². The summed E-state index contributed by atoms with van der Waals surface area (Å²) in [5, 5.41) is 57.6. The molecule has 0 aliphatic rings. The lowest BCUT2D eigenvalue weighted by Crippen LogP contribution is -2.30. The van der Waals surface area contributed by atoms with E-state index in [2.05, 4.69) is 224 Å². The van der Waals surface area contributed by atoms with E-state index in [0.717, 1.165) is 66.5 Å². The van der Waals surface area contributed by atoms with Gasteiger partial charge < -0.3 is 42.7 Å². The average Bonchev–Trinajstić information content (AvgIpc) is 1.65.